The Morgan fingerprint density at radius 1 is 1.07 bits per heavy atom. The second kappa shape index (κ2) is 6.08. The zero-order valence-corrected chi connectivity index (χ0v) is 15.9. The molecule has 140 valence electrons. The van der Waals surface area contributed by atoms with Crippen molar-refractivity contribution < 1.29 is 14.4 Å². The van der Waals surface area contributed by atoms with Gasteiger partial charge < -0.3 is 5.32 Å². The Kier molecular flexibility index (Phi) is 3.89. The van der Waals surface area contributed by atoms with Crippen LogP contribution < -0.4 is 5.32 Å². The van der Waals surface area contributed by atoms with Crippen LogP contribution in [0, 0.1) is 35.5 Å². The lowest BCUT2D eigenvalue weighted by molar-refractivity contribution is -0.140. The Labute approximate surface area is 166 Å². The van der Waals surface area contributed by atoms with E-state index in [1.54, 1.807) is 18.2 Å². The molecule has 1 aromatic carbocycles. The minimum absolute atomic E-state index is 0.0471. The summed E-state index contributed by atoms with van der Waals surface area (Å²) in [6.07, 6.45) is 5.47. The maximum Gasteiger partial charge on any atom is 0.233 e. The number of amides is 3. The number of hydrogen-bond acceptors (Lipinski definition) is 3. The van der Waals surface area contributed by atoms with Gasteiger partial charge in [0, 0.05) is 18.0 Å². The molecule has 5 nitrogen and oxygen atoms in total. The third-order valence-corrected chi connectivity index (χ3v) is 7.07. The van der Waals surface area contributed by atoms with Gasteiger partial charge in [-0.1, -0.05) is 35.4 Å². The van der Waals surface area contributed by atoms with Gasteiger partial charge in [-0.3, -0.25) is 19.3 Å². The summed E-state index contributed by atoms with van der Waals surface area (Å²) in [5, 5.41) is 3.53. The van der Waals surface area contributed by atoms with E-state index in [1.165, 1.54) is 4.90 Å². The molecule has 3 fully saturated rings. The first kappa shape index (κ1) is 17.3. The fraction of sp³-hybridized carbons (Fsp3) is 0.450. The fourth-order valence-electron chi connectivity index (χ4n) is 5.26. The Balaban J connectivity index is 1.25. The minimum atomic E-state index is -0.293. The lowest BCUT2D eigenvalue weighted by Gasteiger charge is -2.37. The molecule has 1 aliphatic heterocycles. The summed E-state index contributed by atoms with van der Waals surface area (Å²) >= 11 is 11.9. The summed E-state index contributed by atoms with van der Waals surface area (Å²) in [5.41, 5.74) is 0.459. The predicted octanol–water partition coefficient (Wildman–Crippen LogP) is 3.38. The van der Waals surface area contributed by atoms with E-state index in [2.05, 4.69) is 17.5 Å². The summed E-state index contributed by atoms with van der Waals surface area (Å²) in [5.74, 6) is 0.621. The van der Waals surface area contributed by atoms with Gasteiger partial charge in [-0.05, 0) is 48.3 Å². The van der Waals surface area contributed by atoms with Gasteiger partial charge in [-0.25, -0.2) is 0 Å². The van der Waals surface area contributed by atoms with Crippen LogP contribution in [0.2, 0.25) is 10.0 Å². The van der Waals surface area contributed by atoms with Crippen molar-refractivity contribution in [3.05, 3.63) is 40.4 Å². The van der Waals surface area contributed by atoms with E-state index in [0.29, 0.717) is 27.6 Å². The first-order chi connectivity index (χ1) is 13.0. The SMILES string of the molecule is O=C(CCN1C(=O)[C@@H]2[C@H]3C=C[C@H]([C@H]4C[C@H]34)[C@@H]2C1=O)Nc1ccc(Cl)cc1Cl. The zero-order chi connectivity index (χ0) is 18.9. The summed E-state index contributed by atoms with van der Waals surface area (Å²) in [4.78, 5) is 39.3. The molecular weight excluding hydrogens is 387 g/mol. The number of nitrogens with zero attached hydrogens (tertiary/aromatic N) is 1. The van der Waals surface area contributed by atoms with Gasteiger partial charge in [0.05, 0.1) is 22.5 Å². The number of rotatable bonds is 4. The van der Waals surface area contributed by atoms with Gasteiger partial charge in [0.15, 0.2) is 0 Å². The average molecular weight is 405 g/mol. The van der Waals surface area contributed by atoms with E-state index >= 15 is 0 Å². The predicted molar refractivity (Wildman–Crippen MR) is 101 cm³/mol. The highest BCUT2D eigenvalue weighted by Gasteiger charge is 2.66. The summed E-state index contributed by atoms with van der Waals surface area (Å²) in [6, 6.07) is 4.80. The Bertz CT molecular complexity index is 863. The van der Waals surface area contributed by atoms with Crippen LogP contribution in [0.15, 0.2) is 30.4 Å². The van der Waals surface area contributed by atoms with Crippen molar-refractivity contribution in [3.8, 4) is 0 Å². The van der Waals surface area contributed by atoms with Crippen LogP contribution >= 0.6 is 23.2 Å². The molecule has 6 rings (SSSR count). The number of likely N-dealkylation sites (tertiary alicyclic amines) is 1. The Morgan fingerprint density at radius 3 is 2.30 bits per heavy atom. The van der Waals surface area contributed by atoms with Crippen LogP contribution in [0.3, 0.4) is 0 Å². The number of benzene rings is 1. The van der Waals surface area contributed by atoms with E-state index in [9.17, 15) is 14.4 Å². The zero-order valence-electron chi connectivity index (χ0n) is 14.4. The van der Waals surface area contributed by atoms with Gasteiger partial charge in [0.2, 0.25) is 17.7 Å². The molecule has 0 aromatic heterocycles. The second-order valence-corrected chi connectivity index (χ2v) is 8.75. The number of anilines is 1. The molecule has 2 bridgehead atoms. The highest BCUT2D eigenvalue weighted by molar-refractivity contribution is 6.36. The number of carbonyl (C=O) groups is 3. The molecule has 5 aliphatic rings. The van der Waals surface area contributed by atoms with Crippen molar-refractivity contribution in [1.82, 2.24) is 4.90 Å². The number of nitrogens with one attached hydrogen (secondary N) is 1. The second-order valence-electron chi connectivity index (χ2n) is 7.91. The molecule has 4 aliphatic carbocycles. The van der Waals surface area contributed by atoms with Crippen LogP contribution in [-0.2, 0) is 14.4 Å². The first-order valence-electron chi connectivity index (χ1n) is 9.24. The van der Waals surface area contributed by atoms with Crippen molar-refractivity contribution in [3.63, 3.8) is 0 Å². The first-order valence-corrected chi connectivity index (χ1v) is 10.00. The molecule has 0 spiro atoms. The van der Waals surface area contributed by atoms with E-state index in [1.807, 2.05) is 0 Å². The van der Waals surface area contributed by atoms with Gasteiger partial charge in [-0.2, -0.15) is 0 Å². The Morgan fingerprint density at radius 2 is 1.70 bits per heavy atom. The smallest absolute Gasteiger partial charge is 0.233 e. The van der Waals surface area contributed by atoms with Crippen molar-refractivity contribution in [1.29, 1.82) is 0 Å². The minimum Gasteiger partial charge on any atom is -0.325 e. The third kappa shape index (κ3) is 2.63. The van der Waals surface area contributed by atoms with E-state index in [-0.39, 0.29) is 54.4 Å². The topological polar surface area (TPSA) is 66.5 Å². The number of imide groups is 1. The average Bonchev–Trinajstić information content (AvgIpc) is 3.41. The van der Waals surface area contributed by atoms with Crippen LogP contribution in [0.4, 0.5) is 5.69 Å². The standard InChI is InChI=1S/C20H18Cl2N2O3/c21-9-1-4-15(14(22)7-9)23-16(25)5-6-24-19(26)17-10-2-3-11(13-8-12(10)13)18(17)20(24)27/h1-4,7,10-13,17-18H,5-6,8H2,(H,23,25)/t10-,11+,12-,13-,17+,18-/m1/s1. The maximum absolute atomic E-state index is 12.9. The number of carbonyl (C=O) groups excluding carboxylic acids is 3. The van der Waals surface area contributed by atoms with E-state index < -0.39 is 0 Å². The van der Waals surface area contributed by atoms with Crippen molar-refractivity contribution >= 4 is 46.6 Å². The molecule has 1 heterocycles. The third-order valence-electron chi connectivity index (χ3n) is 6.52. The molecule has 0 unspecified atom stereocenters. The van der Waals surface area contributed by atoms with E-state index in [0.717, 1.165) is 6.42 Å². The molecule has 0 radical (unpaired) electrons. The molecule has 3 amide bonds. The fourth-order valence-corrected chi connectivity index (χ4v) is 5.71. The summed E-state index contributed by atoms with van der Waals surface area (Å²) in [7, 11) is 0. The van der Waals surface area contributed by atoms with Gasteiger partial charge in [-0.15, -0.1) is 0 Å². The number of hydrogen-bond donors (Lipinski definition) is 1. The highest BCUT2D eigenvalue weighted by Crippen LogP contribution is 2.65. The number of allylic oxidation sites excluding steroid dienone is 2. The van der Waals surface area contributed by atoms with Crippen LogP contribution in [-0.4, -0.2) is 29.2 Å². The number of halogens is 2. The lowest BCUT2D eigenvalue weighted by Crippen LogP contribution is -2.40. The normalized spacial score (nSPS) is 35.3. The van der Waals surface area contributed by atoms with Crippen molar-refractivity contribution in [2.24, 2.45) is 35.5 Å². The molecule has 1 N–H and O–H groups in total. The van der Waals surface area contributed by atoms with Crippen molar-refractivity contribution in [2.45, 2.75) is 12.8 Å². The molecule has 1 aromatic rings. The van der Waals surface area contributed by atoms with Crippen LogP contribution in [0.5, 0.6) is 0 Å². The van der Waals surface area contributed by atoms with E-state index in [4.69, 9.17) is 23.2 Å². The summed E-state index contributed by atoms with van der Waals surface area (Å²) in [6.45, 7) is 0.108. The summed E-state index contributed by atoms with van der Waals surface area (Å²) < 4.78 is 0. The molecule has 6 atom stereocenters. The monoisotopic (exact) mass is 404 g/mol. The van der Waals surface area contributed by atoms with Gasteiger partial charge in [0.1, 0.15) is 0 Å². The van der Waals surface area contributed by atoms with Gasteiger partial charge in [0.25, 0.3) is 0 Å². The molecule has 1 saturated heterocycles. The van der Waals surface area contributed by atoms with Crippen LogP contribution in [0.25, 0.3) is 0 Å². The van der Waals surface area contributed by atoms with Gasteiger partial charge >= 0.3 is 0 Å². The lowest BCUT2D eigenvalue weighted by atomic mass is 9.63. The van der Waals surface area contributed by atoms with Crippen LogP contribution in [0.1, 0.15) is 12.8 Å². The van der Waals surface area contributed by atoms with Crippen molar-refractivity contribution in [2.75, 3.05) is 11.9 Å². The molecule has 27 heavy (non-hydrogen) atoms. The highest BCUT2D eigenvalue weighted by atomic mass is 35.5. The molecular formula is C20H18Cl2N2O3. The maximum atomic E-state index is 12.9. The Hall–Kier alpha value is -1.85. The largest absolute Gasteiger partial charge is 0.325 e. The quantitative estimate of drug-likeness (QED) is 0.617. The molecule has 2 saturated carbocycles. The molecule has 7 heteroatoms.